The van der Waals surface area contributed by atoms with Gasteiger partial charge in [0.05, 0.1) is 11.9 Å². The molecule has 0 bridgehead atoms. The first-order valence-corrected chi connectivity index (χ1v) is 3.27. The second-order valence-electron chi connectivity index (χ2n) is 3.14. The Morgan fingerprint density at radius 1 is 1.40 bits per heavy atom. The summed E-state index contributed by atoms with van der Waals surface area (Å²) in [6, 6.07) is 0. The Morgan fingerprint density at radius 2 is 1.90 bits per heavy atom. The minimum Gasteiger partial charge on any atom is -0.496 e. The molecule has 0 saturated heterocycles. The number of ether oxygens (including phenoxy) is 1. The fraction of sp³-hybridized carbons (Fsp3) is 0.625. The van der Waals surface area contributed by atoms with Crippen molar-refractivity contribution in [1.29, 1.82) is 0 Å². The highest BCUT2D eigenvalue weighted by Gasteiger charge is 2.06. The van der Waals surface area contributed by atoms with E-state index in [2.05, 4.69) is 0 Å². The lowest BCUT2D eigenvalue weighted by Crippen LogP contribution is -2.15. The predicted octanol–water partition coefficient (Wildman–Crippen LogP) is 1.90. The molecule has 0 aliphatic carbocycles. The topological polar surface area (TPSA) is 26.3 Å². The van der Waals surface area contributed by atoms with Crippen LogP contribution in [0.3, 0.4) is 0 Å². The van der Waals surface area contributed by atoms with E-state index in [1.807, 2.05) is 20.8 Å². The molecule has 0 atom stereocenters. The largest absolute Gasteiger partial charge is 0.496 e. The second-order valence-corrected chi connectivity index (χ2v) is 3.14. The standard InChI is InChI=1S/C8H14O2/c1-7(9)5-6-10-8(2,3)4/h5-6H,1-4H3. The molecule has 2 nitrogen and oxygen atoms in total. The highest BCUT2D eigenvalue weighted by Crippen LogP contribution is 2.06. The van der Waals surface area contributed by atoms with Crippen molar-refractivity contribution >= 4 is 5.78 Å². The van der Waals surface area contributed by atoms with Gasteiger partial charge in [-0.3, -0.25) is 4.79 Å². The molecular weight excluding hydrogens is 128 g/mol. The van der Waals surface area contributed by atoms with E-state index in [9.17, 15) is 4.79 Å². The molecule has 0 fully saturated rings. The van der Waals surface area contributed by atoms with E-state index in [1.54, 1.807) is 0 Å². The zero-order chi connectivity index (χ0) is 8.20. The third-order valence-electron chi connectivity index (χ3n) is 0.724. The lowest BCUT2D eigenvalue weighted by Gasteiger charge is -2.17. The lowest BCUT2D eigenvalue weighted by molar-refractivity contribution is -0.112. The average molecular weight is 142 g/mol. The maximum absolute atomic E-state index is 10.4. The van der Waals surface area contributed by atoms with Gasteiger partial charge >= 0.3 is 0 Å². The van der Waals surface area contributed by atoms with E-state index >= 15 is 0 Å². The molecular formula is C8H14O2. The number of hydrogen-bond donors (Lipinski definition) is 0. The van der Waals surface area contributed by atoms with Gasteiger partial charge in [0.15, 0.2) is 5.78 Å². The van der Waals surface area contributed by atoms with Crippen molar-refractivity contribution in [3.8, 4) is 0 Å². The fourth-order valence-corrected chi connectivity index (χ4v) is 0.334. The molecule has 0 spiro atoms. The Kier molecular flexibility index (Phi) is 3.13. The van der Waals surface area contributed by atoms with E-state index in [4.69, 9.17) is 4.74 Å². The molecule has 0 aromatic heterocycles. The molecule has 0 aliphatic heterocycles. The van der Waals surface area contributed by atoms with Crippen LogP contribution in [0.15, 0.2) is 12.3 Å². The van der Waals surface area contributed by atoms with Crippen molar-refractivity contribution < 1.29 is 9.53 Å². The van der Waals surface area contributed by atoms with Crippen molar-refractivity contribution in [2.75, 3.05) is 0 Å². The number of allylic oxidation sites excluding steroid dienone is 1. The summed E-state index contributed by atoms with van der Waals surface area (Å²) in [6.45, 7) is 7.27. The summed E-state index contributed by atoms with van der Waals surface area (Å²) in [7, 11) is 0. The van der Waals surface area contributed by atoms with Crippen LogP contribution in [-0.4, -0.2) is 11.4 Å². The zero-order valence-corrected chi connectivity index (χ0v) is 6.97. The summed E-state index contributed by atoms with van der Waals surface area (Å²) in [5.41, 5.74) is -0.202. The third kappa shape index (κ3) is 7.21. The lowest BCUT2D eigenvalue weighted by atomic mass is 10.2. The van der Waals surface area contributed by atoms with Gasteiger partial charge < -0.3 is 4.74 Å². The van der Waals surface area contributed by atoms with Crippen LogP contribution in [-0.2, 0) is 9.53 Å². The van der Waals surface area contributed by atoms with Gasteiger partial charge in [0.2, 0.25) is 0 Å². The first kappa shape index (κ1) is 9.21. The highest BCUT2D eigenvalue weighted by atomic mass is 16.5. The Labute approximate surface area is 61.9 Å². The molecule has 0 heterocycles. The molecule has 0 amide bonds. The Balaban J connectivity index is 3.64. The molecule has 0 aliphatic rings. The molecule has 2 heteroatoms. The van der Waals surface area contributed by atoms with Gasteiger partial charge in [-0.05, 0) is 27.7 Å². The van der Waals surface area contributed by atoms with Crippen LogP contribution in [0.5, 0.6) is 0 Å². The maximum atomic E-state index is 10.4. The SMILES string of the molecule is CC(=O)C=COC(C)(C)C. The molecule has 0 saturated carbocycles. The summed E-state index contributed by atoms with van der Waals surface area (Å²) in [4.78, 5) is 10.4. The predicted molar refractivity (Wildman–Crippen MR) is 40.7 cm³/mol. The van der Waals surface area contributed by atoms with Crippen molar-refractivity contribution in [2.45, 2.75) is 33.3 Å². The number of carbonyl (C=O) groups excluding carboxylic acids is 1. The van der Waals surface area contributed by atoms with Gasteiger partial charge in [0, 0.05) is 6.08 Å². The van der Waals surface area contributed by atoms with Crippen LogP contribution in [0.2, 0.25) is 0 Å². The van der Waals surface area contributed by atoms with Gasteiger partial charge in [-0.1, -0.05) is 0 Å². The minimum absolute atomic E-state index is 0.00394. The Hall–Kier alpha value is -0.790. The van der Waals surface area contributed by atoms with Crippen LogP contribution in [0.25, 0.3) is 0 Å². The van der Waals surface area contributed by atoms with E-state index < -0.39 is 0 Å². The van der Waals surface area contributed by atoms with Gasteiger partial charge in [0.25, 0.3) is 0 Å². The number of carbonyl (C=O) groups is 1. The van der Waals surface area contributed by atoms with Crippen LogP contribution >= 0.6 is 0 Å². The Bertz CT molecular complexity index is 140. The number of ketones is 1. The van der Waals surface area contributed by atoms with Crippen LogP contribution in [0.1, 0.15) is 27.7 Å². The monoisotopic (exact) mass is 142 g/mol. The molecule has 0 radical (unpaired) electrons. The van der Waals surface area contributed by atoms with Crippen LogP contribution in [0.4, 0.5) is 0 Å². The number of rotatable bonds is 2. The van der Waals surface area contributed by atoms with Gasteiger partial charge in [-0.15, -0.1) is 0 Å². The van der Waals surface area contributed by atoms with Crippen molar-refractivity contribution in [3.05, 3.63) is 12.3 Å². The van der Waals surface area contributed by atoms with Crippen LogP contribution in [0, 0.1) is 0 Å². The molecule has 10 heavy (non-hydrogen) atoms. The van der Waals surface area contributed by atoms with Crippen LogP contribution < -0.4 is 0 Å². The van der Waals surface area contributed by atoms with E-state index in [-0.39, 0.29) is 11.4 Å². The van der Waals surface area contributed by atoms with Gasteiger partial charge in [-0.2, -0.15) is 0 Å². The summed E-state index contributed by atoms with van der Waals surface area (Å²) in [5, 5.41) is 0. The highest BCUT2D eigenvalue weighted by molar-refractivity contribution is 5.86. The van der Waals surface area contributed by atoms with Gasteiger partial charge in [0.1, 0.15) is 0 Å². The molecule has 0 unspecified atom stereocenters. The summed E-state index contributed by atoms with van der Waals surface area (Å²) in [6.07, 6.45) is 2.84. The molecule has 58 valence electrons. The molecule has 0 rings (SSSR count). The van der Waals surface area contributed by atoms with Crippen molar-refractivity contribution in [2.24, 2.45) is 0 Å². The first-order valence-electron chi connectivity index (χ1n) is 3.27. The second kappa shape index (κ2) is 3.40. The Morgan fingerprint density at radius 3 is 2.20 bits per heavy atom. The molecule has 0 N–H and O–H groups in total. The maximum Gasteiger partial charge on any atom is 0.155 e. The van der Waals surface area contributed by atoms with E-state index in [1.165, 1.54) is 19.3 Å². The van der Waals surface area contributed by atoms with E-state index in [0.717, 1.165) is 0 Å². The first-order chi connectivity index (χ1) is 4.42. The van der Waals surface area contributed by atoms with Gasteiger partial charge in [-0.25, -0.2) is 0 Å². The summed E-state index contributed by atoms with van der Waals surface area (Å²) in [5.74, 6) is 0.00394. The van der Waals surface area contributed by atoms with Crippen molar-refractivity contribution in [1.82, 2.24) is 0 Å². The molecule has 0 aromatic rings. The van der Waals surface area contributed by atoms with E-state index in [0.29, 0.717) is 0 Å². The number of hydrogen-bond acceptors (Lipinski definition) is 2. The fourth-order valence-electron chi connectivity index (χ4n) is 0.334. The summed E-state index contributed by atoms with van der Waals surface area (Å²) >= 11 is 0. The average Bonchev–Trinajstić information content (AvgIpc) is 1.59. The summed E-state index contributed by atoms with van der Waals surface area (Å²) < 4.78 is 5.14. The third-order valence-corrected chi connectivity index (χ3v) is 0.724. The minimum atomic E-state index is -0.202. The molecule has 0 aromatic carbocycles. The van der Waals surface area contributed by atoms with Crippen molar-refractivity contribution in [3.63, 3.8) is 0 Å². The zero-order valence-electron chi connectivity index (χ0n) is 6.97. The normalized spacial score (nSPS) is 12.0. The smallest absolute Gasteiger partial charge is 0.155 e. The quantitative estimate of drug-likeness (QED) is 0.435.